The summed E-state index contributed by atoms with van der Waals surface area (Å²) in [6, 6.07) is 0. The van der Waals surface area contributed by atoms with Crippen LogP contribution in [0.2, 0.25) is 0 Å². The van der Waals surface area contributed by atoms with Gasteiger partial charge >= 0.3 is 0 Å². The van der Waals surface area contributed by atoms with Gasteiger partial charge < -0.3 is 0 Å². The second kappa shape index (κ2) is 5.05. The molecule has 0 saturated heterocycles. The van der Waals surface area contributed by atoms with Gasteiger partial charge in [0.25, 0.3) is 0 Å². The molecule has 0 N–H and O–H groups in total. The lowest BCUT2D eigenvalue weighted by Crippen LogP contribution is -2.08. The number of hydrogen-bond acceptors (Lipinski definition) is 5. The molecule has 0 atom stereocenters. The second-order valence-corrected chi connectivity index (χ2v) is 4.93. The quantitative estimate of drug-likeness (QED) is 0.810. The smallest absolute Gasteiger partial charge is 0.189 e. The topological polar surface area (TPSA) is 60.7 Å². The highest BCUT2D eigenvalue weighted by atomic mass is 79.9. The van der Waals surface area contributed by atoms with E-state index in [2.05, 4.69) is 29.8 Å². The summed E-state index contributed by atoms with van der Waals surface area (Å²) in [7, 11) is 1.84. The standard InChI is InChI=1S/C10H11BrN4OS/c1-3-6-10(11)8(15(2)13-6)4-9(16)7-5-12-17-14-7/h5H,3-4H2,1-2H3. The summed E-state index contributed by atoms with van der Waals surface area (Å²) in [5.41, 5.74) is 2.26. The van der Waals surface area contributed by atoms with Gasteiger partial charge in [-0.1, -0.05) is 6.92 Å². The number of nitrogens with zero attached hydrogens (tertiary/aromatic N) is 4. The first-order valence-electron chi connectivity index (χ1n) is 5.14. The number of aromatic nitrogens is 4. The van der Waals surface area contributed by atoms with Gasteiger partial charge in [0, 0.05) is 7.05 Å². The molecule has 7 heteroatoms. The van der Waals surface area contributed by atoms with Crippen LogP contribution in [0.4, 0.5) is 0 Å². The van der Waals surface area contributed by atoms with Crippen molar-refractivity contribution >= 4 is 33.4 Å². The Morgan fingerprint density at radius 3 is 2.88 bits per heavy atom. The van der Waals surface area contributed by atoms with Crippen LogP contribution < -0.4 is 0 Å². The highest BCUT2D eigenvalue weighted by Gasteiger charge is 2.17. The Morgan fingerprint density at radius 2 is 2.35 bits per heavy atom. The van der Waals surface area contributed by atoms with Crippen LogP contribution in [0.15, 0.2) is 10.7 Å². The number of aryl methyl sites for hydroxylation is 2. The Morgan fingerprint density at radius 1 is 1.59 bits per heavy atom. The molecule has 0 aliphatic carbocycles. The summed E-state index contributed by atoms with van der Waals surface area (Å²) in [5, 5.41) is 4.35. The van der Waals surface area contributed by atoms with Crippen molar-refractivity contribution in [2.75, 3.05) is 0 Å². The third-order valence-electron chi connectivity index (χ3n) is 2.48. The molecule has 0 amide bonds. The molecule has 2 heterocycles. The SMILES string of the molecule is CCc1nn(C)c(CC(=O)c2cnsn2)c1Br. The van der Waals surface area contributed by atoms with Gasteiger partial charge in [-0.2, -0.15) is 13.8 Å². The molecule has 0 fully saturated rings. The summed E-state index contributed by atoms with van der Waals surface area (Å²) in [6.07, 6.45) is 2.62. The third kappa shape index (κ3) is 2.44. The number of ketones is 1. The van der Waals surface area contributed by atoms with Gasteiger partial charge in [-0.15, -0.1) is 0 Å². The predicted octanol–water partition coefficient (Wildman–Crippen LogP) is 2.02. The highest BCUT2D eigenvalue weighted by molar-refractivity contribution is 9.10. The van der Waals surface area contributed by atoms with E-state index in [9.17, 15) is 4.79 Å². The van der Waals surface area contributed by atoms with Crippen LogP contribution >= 0.6 is 27.7 Å². The first-order valence-corrected chi connectivity index (χ1v) is 6.66. The fraction of sp³-hybridized carbons (Fsp3) is 0.400. The maximum atomic E-state index is 11.9. The zero-order chi connectivity index (χ0) is 12.4. The third-order valence-corrected chi connectivity index (χ3v) is 3.87. The van der Waals surface area contributed by atoms with E-state index in [4.69, 9.17) is 0 Å². The molecule has 0 aliphatic heterocycles. The summed E-state index contributed by atoms with van der Waals surface area (Å²) in [5.74, 6) is -0.0369. The lowest BCUT2D eigenvalue weighted by molar-refractivity contribution is 0.0986. The summed E-state index contributed by atoms with van der Waals surface area (Å²) < 4.78 is 10.4. The minimum absolute atomic E-state index is 0.0369. The molecule has 0 radical (unpaired) electrons. The van der Waals surface area contributed by atoms with Gasteiger partial charge in [0.2, 0.25) is 0 Å². The van der Waals surface area contributed by atoms with Crippen molar-refractivity contribution in [1.29, 1.82) is 0 Å². The average Bonchev–Trinajstić information content (AvgIpc) is 2.92. The average molecular weight is 315 g/mol. The number of Topliss-reactive ketones (excluding diaryl/α,β-unsaturated/α-hetero) is 1. The number of carbonyl (C=O) groups is 1. The molecule has 2 aromatic heterocycles. The number of hydrogen-bond donors (Lipinski definition) is 0. The van der Waals surface area contributed by atoms with Gasteiger partial charge in [-0.3, -0.25) is 9.48 Å². The molecule has 0 spiro atoms. The Kier molecular flexibility index (Phi) is 3.68. The number of carbonyl (C=O) groups excluding carboxylic acids is 1. The van der Waals surface area contributed by atoms with E-state index >= 15 is 0 Å². The second-order valence-electron chi connectivity index (χ2n) is 3.58. The van der Waals surface area contributed by atoms with Crippen LogP contribution in [0.25, 0.3) is 0 Å². The highest BCUT2D eigenvalue weighted by Crippen LogP contribution is 2.22. The molecular formula is C10H11BrN4OS. The lowest BCUT2D eigenvalue weighted by Gasteiger charge is -2.00. The lowest BCUT2D eigenvalue weighted by atomic mass is 10.1. The Labute approximate surface area is 111 Å². The van der Waals surface area contributed by atoms with Crippen molar-refractivity contribution in [2.24, 2.45) is 7.05 Å². The van der Waals surface area contributed by atoms with Crippen LogP contribution in [-0.4, -0.2) is 24.3 Å². The maximum absolute atomic E-state index is 11.9. The van der Waals surface area contributed by atoms with E-state index in [0.29, 0.717) is 5.69 Å². The predicted molar refractivity (Wildman–Crippen MR) is 68.2 cm³/mol. The van der Waals surface area contributed by atoms with Crippen LogP contribution in [0, 0.1) is 0 Å². The fourth-order valence-electron chi connectivity index (χ4n) is 1.54. The number of rotatable bonds is 4. The summed E-state index contributed by atoms with van der Waals surface area (Å²) in [4.78, 5) is 11.9. The zero-order valence-electron chi connectivity index (χ0n) is 9.47. The van der Waals surface area contributed by atoms with E-state index in [1.165, 1.54) is 6.20 Å². The molecule has 90 valence electrons. The fourth-order valence-corrected chi connectivity index (χ4v) is 2.73. The largest absolute Gasteiger partial charge is 0.292 e. The van der Waals surface area contributed by atoms with E-state index in [0.717, 1.165) is 34.0 Å². The molecule has 0 bridgehead atoms. The van der Waals surface area contributed by atoms with Gasteiger partial charge in [0.1, 0.15) is 5.69 Å². The van der Waals surface area contributed by atoms with Crippen LogP contribution in [0.5, 0.6) is 0 Å². The molecule has 0 unspecified atom stereocenters. The van der Waals surface area contributed by atoms with E-state index in [-0.39, 0.29) is 12.2 Å². The minimum atomic E-state index is -0.0369. The van der Waals surface area contributed by atoms with Gasteiger partial charge in [0.15, 0.2) is 5.78 Å². The molecule has 2 rings (SSSR count). The first kappa shape index (κ1) is 12.4. The van der Waals surface area contributed by atoms with Gasteiger partial charge in [-0.05, 0) is 22.4 Å². The Hall–Kier alpha value is -1.08. The van der Waals surface area contributed by atoms with E-state index in [1.807, 2.05) is 14.0 Å². The van der Waals surface area contributed by atoms with Gasteiger partial charge in [0.05, 0.1) is 40.2 Å². The molecule has 0 saturated carbocycles. The number of halogens is 1. The van der Waals surface area contributed by atoms with Crippen molar-refractivity contribution in [3.63, 3.8) is 0 Å². The summed E-state index contributed by atoms with van der Waals surface area (Å²) >= 11 is 4.53. The molecule has 0 aliphatic rings. The molecule has 5 nitrogen and oxygen atoms in total. The van der Waals surface area contributed by atoms with Gasteiger partial charge in [-0.25, -0.2) is 0 Å². The molecule has 17 heavy (non-hydrogen) atoms. The Bertz CT molecular complexity index is 535. The van der Waals surface area contributed by atoms with Crippen LogP contribution in [0.1, 0.15) is 28.8 Å². The van der Waals surface area contributed by atoms with Crippen molar-refractivity contribution in [1.82, 2.24) is 18.5 Å². The van der Waals surface area contributed by atoms with Crippen molar-refractivity contribution in [3.05, 3.63) is 27.8 Å². The minimum Gasteiger partial charge on any atom is -0.292 e. The molecule has 2 aromatic rings. The zero-order valence-corrected chi connectivity index (χ0v) is 11.9. The normalized spacial score (nSPS) is 10.8. The first-order chi connectivity index (χ1) is 8.13. The van der Waals surface area contributed by atoms with E-state index < -0.39 is 0 Å². The van der Waals surface area contributed by atoms with Crippen LogP contribution in [-0.2, 0) is 19.9 Å². The molecule has 0 aromatic carbocycles. The van der Waals surface area contributed by atoms with Crippen molar-refractivity contribution in [3.8, 4) is 0 Å². The van der Waals surface area contributed by atoms with Crippen molar-refractivity contribution in [2.45, 2.75) is 19.8 Å². The Balaban J connectivity index is 2.25. The monoisotopic (exact) mass is 314 g/mol. The molecular weight excluding hydrogens is 304 g/mol. The van der Waals surface area contributed by atoms with Crippen molar-refractivity contribution < 1.29 is 4.79 Å². The maximum Gasteiger partial charge on any atom is 0.189 e. The van der Waals surface area contributed by atoms with E-state index in [1.54, 1.807) is 4.68 Å². The van der Waals surface area contributed by atoms with Crippen LogP contribution in [0.3, 0.4) is 0 Å². The summed E-state index contributed by atoms with van der Waals surface area (Å²) in [6.45, 7) is 2.03.